The summed E-state index contributed by atoms with van der Waals surface area (Å²) < 4.78 is 5.75. The van der Waals surface area contributed by atoms with E-state index in [1.54, 1.807) is 0 Å². The SMILES string of the molecule is CCC=CCC(O)CC(=O)OC1CCN2CC3CC(CN4C(=O)CCCC34)C2C1. The number of esters is 1. The number of aliphatic hydroxyl groups excluding tert-OH is 1. The zero-order valence-corrected chi connectivity index (χ0v) is 17.7. The zero-order chi connectivity index (χ0) is 20.4. The molecule has 0 radical (unpaired) electrons. The number of carbonyl (C=O) groups is 2. The molecule has 0 aromatic carbocycles. The lowest BCUT2D eigenvalue weighted by Gasteiger charge is -2.57. The van der Waals surface area contributed by atoms with Crippen molar-refractivity contribution in [3.05, 3.63) is 12.2 Å². The van der Waals surface area contributed by atoms with Crippen LogP contribution in [0.4, 0.5) is 0 Å². The Kier molecular flexibility index (Phi) is 6.60. The Hall–Kier alpha value is -1.40. The largest absolute Gasteiger partial charge is 0.462 e. The topological polar surface area (TPSA) is 70.1 Å². The van der Waals surface area contributed by atoms with Gasteiger partial charge in [-0.3, -0.25) is 14.5 Å². The van der Waals surface area contributed by atoms with Crippen LogP contribution in [0.3, 0.4) is 0 Å². The van der Waals surface area contributed by atoms with Gasteiger partial charge in [0.1, 0.15) is 6.10 Å². The molecule has 2 bridgehead atoms. The maximum atomic E-state index is 12.4. The monoisotopic (exact) mass is 404 g/mol. The van der Waals surface area contributed by atoms with Crippen LogP contribution in [-0.4, -0.2) is 70.7 Å². The van der Waals surface area contributed by atoms with Crippen molar-refractivity contribution in [1.29, 1.82) is 0 Å². The molecule has 1 amide bonds. The summed E-state index contributed by atoms with van der Waals surface area (Å²) in [4.78, 5) is 29.5. The molecule has 6 nitrogen and oxygen atoms in total. The highest BCUT2D eigenvalue weighted by Gasteiger charge is 2.49. The minimum atomic E-state index is -0.666. The second-order valence-corrected chi connectivity index (χ2v) is 9.43. The maximum Gasteiger partial charge on any atom is 0.308 e. The number of aliphatic hydroxyl groups is 1. The number of hydrogen-bond acceptors (Lipinski definition) is 5. The van der Waals surface area contributed by atoms with Crippen LogP contribution < -0.4 is 0 Å². The van der Waals surface area contributed by atoms with Crippen LogP contribution in [0.2, 0.25) is 0 Å². The van der Waals surface area contributed by atoms with Crippen LogP contribution in [0, 0.1) is 11.8 Å². The smallest absolute Gasteiger partial charge is 0.308 e. The summed E-state index contributed by atoms with van der Waals surface area (Å²) in [5, 5.41) is 10.0. The lowest BCUT2D eigenvalue weighted by atomic mass is 9.70. The highest BCUT2D eigenvalue weighted by molar-refractivity contribution is 5.77. The lowest BCUT2D eigenvalue weighted by molar-refractivity contribution is -0.160. The number of rotatable bonds is 6. The third-order valence-electron chi connectivity index (χ3n) is 7.43. The number of nitrogens with zero attached hydrogens (tertiary/aromatic N) is 2. The van der Waals surface area contributed by atoms with Gasteiger partial charge in [0.25, 0.3) is 0 Å². The molecule has 1 N–H and O–H groups in total. The second kappa shape index (κ2) is 9.17. The molecule has 6 heteroatoms. The summed E-state index contributed by atoms with van der Waals surface area (Å²) in [5.41, 5.74) is 0. The summed E-state index contributed by atoms with van der Waals surface area (Å²) >= 11 is 0. The molecule has 0 saturated carbocycles. The van der Waals surface area contributed by atoms with Crippen molar-refractivity contribution in [2.75, 3.05) is 19.6 Å². The molecule has 0 aliphatic carbocycles. The van der Waals surface area contributed by atoms with E-state index in [1.807, 2.05) is 19.1 Å². The summed E-state index contributed by atoms with van der Waals surface area (Å²) in [6.07, 6.45) is 10.6. The van der Waals surface area contributed by atoms with Gasteiger partial charge in [-0.15, -0.1) is 0 Å². The predicted molar refractivity (Wildman–Crippen MR) is 110 cm³/mol. The fraction of sp³-hybridized carbons (Fsp3) is 0.826. The molecular weight excluding hydrogens is 368 g/mol. The van der Waals surface area contributed by atoms with Gasteiger partial charge in [-0.05, 0) is 50.4 Å². The quantitative estimate of drug-likeness (QED) is 0.544. The van der Waals surface area contributed by atoms with E-state index in [1.165, 1.54) is 6.42 Å². The van der Waals surface area contributed by atoms with E-state index in [0.717, 1.165) is 51.7 Å². The van der Waals surface area contributed by atoms with Crippen molar-refractivity contribution in [2.24, 2.45) is 11.8 Å². The van der Waals surface area contributed by atoms with Crippen molar-refractivity contribution in [2.45, 2.75) is 89.0 Å². The molecule has 162 valence electrons. The highest BCUT2D eigenvalue weighted by atomic mass is 16.5. The first-order valence-electron chi connectivity index (χ1n) is 11.6. The molecule has 0 aromatic rings. The number of ether oxygens (including phenoxy) is 1. The molecule has 4 heterocycles. The highest BCUT2D eigenvalue weighted by Crippen LogP contribution is 2.43. The van der Waals surface area contributed by atoms with E-state index >= 15 is 0 Å². The standard InChI is InChI=1S/C23H36N2O4/c1-2-3-4-6-18(26)12-23(28)29-19-9-10-24-14-16-11-17(21(24)13-19)15-25-20(16)7-5-8-22(25)27/h3-4,16-21,26H,2,5-15H2,1H3. The molecule has 29 heavy (non-hydrogen) atoms. The first kappa shape index (κ1) is 20.9. The molecule has 6 unspecified atom stereocenters. The van der Waals surface area contributed by atoms with Crippen LogP contribution in [-0.2, 0) is 14.3 Å². The van der Waals surface area contributed by atoms with Crippen LogP contribution >= 0.6 is 0 Å². The Morgan fingerprint density at radius 3 is 2.86 bits per heavy atom. The Morgan fingerprint density at radius 1 is 1.21 bits per heavy atom. The summed E-state index contributed by atoms with van der Waals surface area (Å²) in [5.74, 6) is 1.16. The Morgan fingerprint density at radius 2 is 2.03 bits per heavy atom. The van der Waals surface area contributed by atoms with E-state index in [9.17, 15) is 14.7 Å². The fourth-order valence-electron chi connectivity index (χ4n) is 6.09. The molecule has 4 aliphatic heterocycles. The number of carbonyl (C=O) groups excluding carboxylic acids is 2. The number of amides is 1. The van der Waals surface area contributed by atoms with Crippen molar-refractivity contribution in [3.8, 4) is 0 Å². The molecule has 4 fully saturated rings. The van der Waals surface area contributed by atoms with Crippen molar-refractivity contribution >= 4 is 11.9 Å². The van der Waals surface area contributed by atoms with Gasteiger partial charge in [0.2, 0.25) is 5.91 Å². The third-order valence-corrected chi connectivity index (χ3v) is 7.43. The zero-order valence-electron chi connectivity index (χ0n) is 17.7. The summed E-state index contributed by atoms with van der Waals surface area (Å²) in [6.45, 7) is 4.98. The van der Waals surface area contributed by atoms with E-state index in [0.29, 0.717) is 42.7 Å². The number of hydrogen-bond donors (Lipinski definition) is 1. The van der Waals surface area contributed by atoms with E-state index in [-0.39, 0.29) is 18.5 Å². The van der Waals surface area contributed by atoms with Gasteiger partial charge in [0.05, 0.1) is 12.5 Å². The minimum absolute atomic E-state index is 0.0616. The minimum Gasteiger partial charge on any atom is -0.462 e. The second-order valence-electron chi connectivity index (χ2n) is 9.43. The number of allylic oxidation sites excluding steroid dienone is 1. The van der Waals surface area contributed by atoms with Crippen molar-refractivity contribution in [3.63, 3.8) is 0 Å². The molecule has 6 atom stereocenters. The lowest BCUT2D eigenvalue weighted by Crippen LogP contribution is -2.65. The fourth-order valence-corrected chi connectivity index (χ4v) is 6.09. The van der Waals surface area contributed by atoms with E-state index in [4.69, 9.17) is 4.74 Å². The summed E-state index contributed by atoms with van der Waals surface area (Å²) in [7, 11) is 0. The molecular formula is C23H36N2O4. The molecule has 0 spiro atoms. The van der Waals surface area contributed by atoms with Gasteiger partial charge in [-0.2, -0.15) is 0 Å². The predicted octanol–water partition coefficient (Wildman–Crippen LogP) is 2.50. The first-order valence-corrected chi connectivity index (χ1v) is 11.6. The summed E-state index contributed by atoms with van der Waals surface area (Å²) in [6, 6.07) is 0.859. The van der Waals surface area contributed by atoms with Crippen LogP contribution in [0.15, 0.2) is 12.2 Å². The van der Waals surface area contributed by atoms with Gasteiger partial charge >= 0.3 is 5.97 Å². The number of fused-ring (bicyclic) bond motifs is 6. The Labute approximate surface area is 174 Å². The van der Waals surface area contributed by atoms with E-state index in [2.05, 4.69) is 9.80 Å². The molecule has 4 saturated heterocycles. The maximum absolute atomic E-state index is 12.4. The average Bonchev–Trinajstić information content (AvgIpc) is 2.69. The number of piperidine rings is 4. The third kappa shape index (κ3) is 4.69. The van der Waals surface area contributed by atoms with Gasteiger partial charge in [-0.25, -0.2) is 0 Å². The molecule has 0 aromatic heterocycles. The average molecular weight is 405 g/mol. The van der Waals surface area contributed by atoms with Crippen molar-refractivity contribution < 1.29 is 19.4 Å². The van der Waals surface area contributed by atoms with Gasteiger partial charge < -0.3 is 14.7 Å². The normalized spacial score (nSPS) is 35.9. The van der Waals surface area contributed by atoms with Crippen molar-refractivity contribution in [1.82, 2.24) is 9.80 Å². The molecule has 4 aliphatic rings. The van der Waals surface area contributed by atoms with Gasteiger partial charge in [0, 0.05) is 44.6 Å². The molecule has 4 rings (SSSR count). The first-order chi connectivity index (χ1) is 14.0. The van der Waals surface area contributed by atoms with E-state index < -0.39 is 6.10 Å². The van der Waals surface area contributed by atoms with Gasteiger partial charge in [0.15, 0.2) is 0 Å². The van der Waals surface area contributed by atoms with Crippen LogP contribution in [0.25, 0.3) is 0 Å². The van der Waals surface area contributed by atoms with Crippen LogP contribution in [0.1, 0.15) is 64.7 Å². The van der Waals surface area contributed by atoms with Crippen LogP contribution in [0.5, 0.6) is 0 Å². The Bertz CT molecular complexity index is 636. The Balaban J connectivity index is 1.31. The van der Waals surface area contributed by atoms with Gasteiger partial charge in [-0.1, -0.05) is 19.1 Å².